The number of carbonyl (C=O) groups is 2. The van der Waals surface area contributed by atoms with Gasteiger partial charge < -0.3 is 14.2 Å². The van der Waals surface area contributed by atoms with Crippen molar-refractivity contribution >= 4 is 23.9 Å². The molecular weight excluding hydrogens is 365 g/mol. The van der Waals surface area contributed by atoms with Crippen molar-refractivity contribution in [2.24, 2.45) is 4.99 Å². The summed E-state index contributed by atoms with van der Waals surface area (Å²) in [5.41, 5.74) is 0.723. The molecule has 0 spiro atoms. The number of hydrogen-bond donors (Lipinski definition) is 0. The fourth-order valence-electron chi connectivity index (χ4n) is 2.48. The molecule has 0 fully saturated rings. The van der Waals surface area contributed by atoms with Gasteiger partial charge in [-0.05, 0) is 42.8 Å². The molecule has 1 heterocycles. The fraction of sp³-hybridized carbons (Fsp3) is 0.190. The highest BCUT2D eigenvalue weighted by Gasteiger charge is 2.26. The molecule has 2 aromatic rings. The van der Waals surface area contributed by atoms with Gasteiger partial charge in [0.1, 0.15) is 5.82 Å². The number of benzene rings is 2. The van der Waals surface area contributed by atoms with E-state index in [0.29, 0.717) is 23.7 Å². The summed E-state index contributed by atoms with van der Waals surface area (Å²) in [6.45, 7) is 3.86. The molecule has 0 N–H and O–H groups in total. The molecule has 1 aliphatic rings. The SMILES string of the molecule is CCOc1cc(C=C2N=C(c3ccccc3F)OC2=O)ccc1OC(=O)CC. The van der Waals surface area contributed by atoms with E-state index in [2.05, 4.69) is 4.99 Å². The van der Waals surface area contributed by atoms with Crippen LogP contribution in [0.1, 0.15) is 31.4 Å². The second-order valence-corrected chi connectivity index (χ2v) is 5.78. The molecule has 6 nitrogen and oxygen atoms in total. The van der Waals surface area contributed by atoms with Gasteiger partial charge in [-0.3, -0.25) is 4.79 Å². The van der Waals surface area contributed by atoms with Gasteiger partial charge in [-0.2, -0.15) is 0 Å². The zero-order chi connectivity index (χ0) is 20.1. The van der Waals surface area contributed by atoms with E-state index in [1.54, 1.807) is 38.1 Å². The molecule has 0 atom stereocenters. The van der Waals surface area contributed by atoms with Gasteiger partial charge in [0, 0.05) is 6.42 Å². The van der Waals surface area contributed by atoms with Crippen molar-refractivity contribution in [1.29, 1.82) is 0 Å². The van der Waals surface area contributed by atoms with E-state index in [9.17, 15) is 14.0 Å². The highest BCUT2D eigenvalue weighted by molar-refractivity contribution is 6.12. The fourth-order valence-corrected chi connectivity index (χ4v) is 2.48. The minimum absolute atomic E-state index is 0.0269. The van der Waals surface area contributed by atoms with Crippen LogP contribution in [0.25, 0.3) is 6.08 Å². The number of aliphatic imine (C=N–C) groups is 1. The molecule has 0 radical (unpaired) electrons. The van der Waals surface area contributed by atoms with Crippen LogP contribution in [-0.2, 0) is 14.3 Å². The maximum atomic E-state index is 13.9. The summed E-state index contributed by atoms with van der Waals surface area (Å²) < 4.78 is 29.7. The zero-order valence-corrected chi connectivity index (χ0v) is 15.4. The molecule has 3 rings (SSSR count). The third-order valence-electron chi connectivity index (χ3n) is 3.81. The van der Waals surface area contributed by atoms with Crippen molar-refractivity contribution in [2.75, 3.05) is 6.61 Å². The third-order valence-corrected chi connectivity index (χ3v) is 3.81. The van der Waals surface area contributed by atoms with E-state index >= 15 is 0 Å². The Labute approximate surface area is 161 Å². The third kappa shape index (κ3) is 4.25. The standard InChI is InChI=1S/C21H18FNO5/c1-3-19(24)27-17-10-9-13(12-18(17)26-4-2)11-16-21(25)28-20(23-16)14-7-5-6-8-15(14)22/h5-12H,3-4H2,1-2H3. The van der Waals surface area contributed by atoms with Crippen LogP contribution in [0.4, 0.5) is 4.39 Å². The number of hydrogen-bond acceptors (Lipinski definition) is 6. The van der Waals surface area contributed by atoms with Gasteiger partial charge in [0.25, 0.3) is 0 Å². The van der Waals surface area contributed by atoms with Crippen LogP contribution in [-0.4, -0.2) is 24.4 Å². The summed E-state index contributed by atoms with van der Waals surface area (Å²) in [6.07, 6.45) is 1.72. The number of esters is 2. The summed E-state index contributed by atoms with van der Waals surface area (Å²) >= 11 is 0. The van der Waals surface area contributed by atoms with Gasteiger partial charge in [0.2, 0.25) is 5.90 Å². The number of carbonyl (C=O) groups excluding carboxylic acids is 2. The second-order valence-electron chi connectivity index (χ2n) is 5.78. The Morgan fingerprint density at radius 2 is 1.96 bits per heavy atom. The van der Waals surface area contributed by atoms with Gasteiger partial charge in [-0.25, -0.2) is 14.2 Å². The molecule has 0 saturated heterocycles. The van der Waals surface area contributed by atoms with Crippen LogP contribution in [0.3, 0.4) is 0 Å². The van der Waals surface area contributed by atoms with Crippen molar-refractivity contribution in [3.63, 3.8) is 0 Å². The number of ether oxygens (including phenoxy) is 3. The summed E-state index contributed by atoms with van der Waals surface area (Å²) in [7, 11) is 0. The first kappa shape index (κ1) is 19.3. The van der Waals surface area contributed by atoms with Crippen LogP contribution in [0.5, 0.6) is 11.5 Å². The van der Waals surface area contributed by atoms with Crippen molar-refractivity contribution in [3.8, 4) is 11.5 Å². The first-order chi connectivity index (χ1) is 13.5. The van der Waals surface area contributed by atoms with Crippen LogP contribution in [0, 0.1) is 5.82 Å². The van der Waals surface area contributed by atoms with Crippen molar-refractivity contribution in [3.05, 3.63) is 65.1 Å². The van der Waals surface area contributed by atoms with E-state index in [0.717, 1.165) is 0 Å². The molecule has 0 bridgehead atoms. The van der Waals surface area contributed by atoms with Crippen molar-refractivity contribution in [2.45, 2.75) is 20.3 Å². The minimum atomic E-state index is -0.683. The molecular formula is C21H18FNO5. The highest BCUT2D eigenvalue weighted by atomic mass is 19.1. The summed E-state index contributed by atoms with van der Waals surface area (Å²) in [4.78, 5) is 27.7. The second kappa shape index (κ2) is 8.47. The van der Waals surface area contributed by atoms with E-state index in [-0.39, 0.29) is 29.5 Å². The first-order valence-corrected chi connectivity index (χ1v) is 8.76. The van der Waals surface area contributed by atoms with E-state index < -0.39 is 11.8 Å². The lowest BCUT2D eigenvalue weighted by molar-refractivity contribution is -0.134. The Hall–Kier alpha value is -3.48. The maximum Gasteiger partial charge on any atom is 0.363 e. The predicted octanol–water partition coefficient (Wildman–Crippen LogP) is 3.88. The molecule has 1 aliphatic heterocycles. The summed E-state index contributed by atoms with van der Waals surface area (Å²) in [5, 5.41) is 0. The Morgan fingerprint density at radius 1 is 1.18 bits per heavy atom. The zero-order valence-electron chi connectivity index (χ0n) is 15.4. The Morgan fingerprint density at radius 3 is 2.68 bits per heavy atom. The molecule has 0 amide bonds. The van der Waals surface area contributed by atoms with Gasteiger partial charge in [0.05, 0.1) is 12.2 Å². The average Bonchev–Trinajstić information content (AvgIpc) is 3.04. The monoisotopic (exact) mass is 383 g/mol. The van der Waals surface area contributed by atoms with Crippen LogP contribution >= 0.6 is 0 Å². The normalized spacial score (nSPS) is 14.6. The highest BCUT2D eigenvalue weighted by Crippen LogP contribution is 2.30. The maximum absolute atomic E-state index is 13.9. The molecule has 2 aromatic carbocycles. The van der Waals surface area contributed by atoms with Gasteiger partial charge in [0.15, 0.2) is 17.2 Å². The van der Waals surface area contributed by atoms with Gasteiger partial charge in [-0.1, -0.05) is 25.1 Å². The lowest BCUT2D eigenvalue weighted by Crippen LogP contribution is -2.07. The number of rotatable bonds is 6. The Balaban J connectivity index is 1.92. The summed E-state index contributed by atoms with van der Waals surface area (Å²) in [6, 6.07) is 10.8. The van der Waals surface area contributed by atoms with E-state index in [1.165, 1.54) is 24.3 Å². The largest absolute Gasteiger partial charge is 0.490 e. The number of nitrogens with zero attached hydrogens (tertiary/aromatic N) is 1. The van der Waals surface area contributed by atoms with Crippen LogP contribution in [0.2, 0.25) is 0 Å². The first-order valence-electron chi connectivity index (χ1n) is 8.76. The van der Waals surface area contributed by atoms with Gasteiger partial charge in [-0.15, -0.1) is 0 Å². The molecule has 0 saturated carbocycles. The number of cyclic esters (lactones) is 1. The summed E-state index contributed by atoms with van der Waals surface area (Å²) in [5.74, 6) is -1.03. The minimum Gasteiger partial charge on any atom is -0.490 e. The molecule has 0 aliphatic carbocycles. The van der Waals surface area contributed by atoms with Crippen LogP contribution < -0.4 is 9.47 Å². The Bertz CT molecular complexity index is 981. The number of halogens is 1. The average molecular weight is 383 g/mol. The molecule has 28 heavy (non-hydrogen) atoms. The van der Waals surface area contributed by atoms with E-state index in [4.69, 9.17) is 14.2 Å². The topological polar surface area (TPSA) is 74.2 Å². The Kier molecular flexibility index (Phi) is 5.84. The molecule has 7 heteroatoms. The molecule has 0 aromatic heterocycles. The lowest BCUT2D eigenvalue weighted by atomic mass is 10.1. The van der Waals surface area contributed by atoms with Crippen molar-refractivity contribution in [1.82, 2.24) is 0 Å². The predicted molar refractivity (Wildman–Crippen MR) is 101 cm³/mol. The van der Waals surface area contributed by atoms with Crippen molar-refractivity contribution < 1.29 is 28.2 Å². The lowest BCUT2D eigenvalue weighted by Gasteiger charge is -2.10. The van der Waals surface area contributed by atoms with Gasteiger partial charge >= 0.3 is 11.9 Å². The molecule has 0 unspecified atom stereocenters. The quantitative estimate of drug-likeness (QED) is 0.430. The van der Waals surface area contributed by atoms with E-state index in [1.807, 2.05) is 0 Å². The molecule has 144 valence electrons. The smallest absolute Gasteiger partial charge is 0.363 e. The van der Waals surface area contributed by atoms with Crippen LogP contribution in [0.15, 0.2) is 53.2 Å².